The predicted molar refractivity (Wildman–Crippen MR) is 154 cm³/mol. The minimum Gasteiger partial charge on any atom is -0.488 e. The van der Waals surface area contributed by atoms with Gasteiger partial charge in [-0.3, -0.25) is 4.98 Å². The van der Waals surface area contributed by atoms with E-state index in [0.717, 1.165) is 44.9 Å². The molecule has 1 aromatic heterocycles. The number of fused-ring (bicyclic) bond motifs is 1. The lowest BCUT2D eigenvalue weighted by atomic mass is 9.96. The number of rotatable bonds is 9. The lowest BCUT2D eigenvalue weighted by Gasteiger charge is -2.20. The molecule has 7 nitrogen and oxygen atoms in total. The molecular weight excluding hydrogens is 526 g/mol. The molecule has 204 valence electrons. The molecular formula is C32H30ClN3O4. The van der Waals surface area contributed by atoms with Gasteiger partial charge in [0.2, 0.25) is 0 Å². The van der Waals surface area contributed by atoms with Crippen LogP contribution in [0, 0.1) is 18.3 Å². The smallest absolute Gasteiger partial charge is 0.161 e. The molecule has 0 N–H and O–H groups in total. The van der Waals surface area contributed by atoms with E-state index in [4.69, 9.17) is 30.5 Å². The number of benzene rings is 3. The van der Waals surface area contributed by atoms with Crippen LogP contribution < -0.4 is 18.9 Å². The van der Waals surface area contributed by atoms with Crippen molar-refractivity contribution in [3.8, 4) is 40.2 Å². The molecule has 5 rings (SSSR count). The van der Waals surface area contributed by atoms with Gasteiger partial charge in [-0.25, -0.2) is 0 Å². The average molecular weight is 556 g/mol. The van der Waals surface area contributed by atoms with Crippen molar-refractivity contribution in [3.05, 3.63) is 99.8 Å². The van der Waals surface area contributed by atoms with E-state index in [9.17, 15) is 5.26 Å². The summed E-state index contributed by atoms with van der Waals surface area (Å²) in [5.74, 6) is 2.73. The Balaban J connectivity index is 1.36. The molecule has 0 saturated heterocycles. The minimum atomic E-state index is 0.265. The second-order valence-corrected chi connectivity index (χ2v) is 10.3. The number of hydrogen-bond donors (Lipinski definition) is 0. The number of nitrogens with zero attached hydrogens (tertiary/aromatic N) is 3. The largest absolute Gasteiger partial charge is 0.488 e. The van der Waals surface area contributed by atoms with Crippen molar-refractivity contribution in [1.82, 2.24) is 9.88 Å². The number of nitriles is 1. The third-order valence-corrected chi connectivity index (χ3v) is 6.90. The molecule has 0 amide bonds. The zero-order chi connectivity index (χ0) is 28.1. The van der Waals surface area contributed by atoms with E-state index in [0.29, 0.717) is 48.5 Å². The van der Waals surface area contributed by atoms with Crippen molar-refractivity contribution >= 4 is 11.6 Å². The third-order valence-electron chi connectivity index (χ3n) is 6.60. The normalized spacial score (nSPS) is 12.2. The van der Waals surface area contributed by atoms with Crippen LogP contribution in [0.3, 0.4) is 0 Å². The topological polar surface area (TPSA) is 76.8 Å². The first-order chi connectivity index (χ1) is 19.4. The molecule has 3 aromatic carbocycles. The van der Waals surface area contributed by atoms with Crippen LogP contribution in [0.5, 0.6) is 23.0 Å². The summed E-state index contributed by atoms with van der Waals surface area (Å²) in [7, 11) is 3.97. The number of hydrogen-bond acceptors (Lipinski definition) is 7. The number of ether oxygens (including phenoxy) is 4. The second-order valence-electron chi connectivity index (χ2n) is 9.85. The summed E-state index contributed by atoms with van der Waals surface area (Å²) >= 11 is 6.67. The molecule has 0 radical (unpaired) electrons. The van der Waals surface area contributed by atoms with Gasteiger partial charge in [0.25, 0.3) is 0 Å². The molecule has 1 aliphatic heterocycles. The fraction of sp³-hybridized carbons (Fsp3) is 0.250. The van der Waals surface area contributed by atoms with Crippen LogP contribution in [-0.4, -0.2) is 37.2 Å². The number of pyridine rings is 1. The summed E-state index contributed by atoms with van der Waals surface area (Å²) in [6.45, 7) is 4.44. The predicted octanol–water partition coefficient (Wildman–Crippen LogP) is 6.57. The van der Waals surface area contributed by atoms with E-state index in [1.807, 2.05) is 55.4 Å². The fourth-order valence-corrected chi connectivity index (χ4v) is 4.83. The summed E-state index contributed by atoms with van der Waals surface area (Å²) < 4.78 is 23.9. The first-order valence-electron chi connectivity index (χ1n) is 13.0. The van der Waals surface area contributed by atoms with Gasteiger partial charge in [-0.2, -0.15) is 5.26 Å². The van der Waals surface area contributed by atoms with Crippen LogP contribution in [0.1, 0.15) is 27.8 Å². The van der Waals surface area contributed by atoms with Gasteiger partial charge in [-0.05, 0) is 67.5 Å². The Morgan fingerprint density at radius 2 is 1.73 bits per heavy atom. The lowest BCUT2D eigenvalue weighted by Crippen LogP contribution is -2.15. The van der Waals surface area contributed by atoms with Crippen LogP contribution in [0.2, 0.25) is 5.02 Å². The summed E-state index contributed by atoms with van der Waals surface area (Å²) in [5.41, 5.74) is 6.54. The molecule has 8 heteroatoms. The zero-order valence-corrected chi connectivity index (χ0v) is 23.5. The fourth-order valence-electron chi connectivity index (χ4n) is 4.59. The maximum absolute atomic E-state index is 9.18. The lowest BCUT2D eigenvalue weighted by molar-refractivity contribution is 0.171. The minimum absolute atomic E-state index is 0.265. The molecule has 0 unspecified atom stereocenters. The zero-order valence-electron chi connectivity index (χ0n) is 22.7. The quantitative estimate of drug-likeness (QED) is 0.231. The highest BCUT2D eigenvalue weighted by Gasteiger charge is 2.16. The summed E-state index contributed by atoms with van der Waals surface area (Å²) in [4.78, 5) is 6.17. The van der Waals surface area contributed by atoms with Crippen molar-refractivity contribution in [1.29, 1.82) is 5.26 Å². The maximum atomic E-state index is 9.18. The molecule has 2 heterocycles. The van der Waals surface area contributed by atoms with Gasteiger partial charge in [0.1, 0.15) is 44.0 Å². The van der Waals surface area contributed by atoms with Crippen molar-refractivity contribution in [3.63, 3.8) is 0 Å². The number of halogens is 1. The van der Waals surface area contributed by atoms with Gasteiger partial charge in [-0.1, -0.05) is 35.9 Å². The molecule has 0 spiro atoms. The maximum Gasteiger partial charge on any atom is 0.161 e. The van der Waals surface area contributed by atoms with Gasteiger partial charge in [0.15, 0.2) is 11.5 Å². The monoisotopic (exact) mass is 555 g/mol. The van der Waals surface area contributed by atoms with Gasteiger partial charge in [0.05, 0.1) is 10.6 Å². The molecule has 0 atom stereocenters. The van der Waals surface area contributed by atoms with Crippen LogP contribution in [-0.2, 0) is 19.8 Å². The van der Waals surface area contributed by atoms with Gasteiger partial charge >= 0.3 is 0 Å². The Morgan fingerprint density at radius 3 is 2.52 bits per heavy atom. The Labute approximate surface area is 239 Å². The third kappa shape index (κ3) is 6.31. The number of aromatic nitrogens is 1. The van der Waals surface area contributed by atoms with Crippen molar-refractivity contribution < 1.29 is 18.9 Å². The first kappa shape index (κ1) is 27.3. The Hall–Kier alpha value is -4.25. The van der Waals surface area contributed by atoms with Crippen molar-refractivity contribution in [2.24, 2.45) is 0 Å². The van der Waals surface area contributed by atoms with Crippen LogP contribution in [0.15, 0.2) is 67.0 Å². The van der Waals surface area contributed by atoms with E-state index in [-0.39, 0.29) is 6.61 Å². The first-order valence-corrected chi connectivity index (χ1v) is 13.3. The molecule has 1 aliphatic rings. The Kier molecular flexibility index (Phi) is 8.40. The van der Waals surface area contributed by atoms with E-state index in [1.54, 1.807) is 12.3 Å². The van der Waals surface area contributed by atoms with Crippen LogP contribution in [0.4, 0.5) is 0 Å². The molecule has 0 bridgehead atoms. The van der Waals surface area contributed by atoms with E-state index >= 15 is 0 Å². The highest BCUT2D eigenvalue weighted by Crippen LogP contribution is 2.37. The second kappa shape index (κ2) is 12.3. The van der Waals surface area contributed by atoms with Gasteiger partial charge < -0.3 is 23.8 Å². The summed E-state index contributed by atoms with van der Waals surface area (Å²) in [6.07, 6.45) is 3.22. The highest BCUT2D eigenvalue weighted by molar-refractivity contribution is 6.32. The SMILES string of the molecule is Cc1c(COc2cc(OCc3cncc(C#N)c3)c(CN(C)C)cc2Cl)cccc1-c1ccc2c(c1)OCCO2. The molecule has 40 heavy (non-hydrogen) atoms. The summed E-state index contributed by atoms with van der Waals surface area (Å²) in [5, 5.41) is 9.69. The average Bonchev–Trinajstić information content (AvgIpc) is 2.96. The highest BCUT2D eigenvalue weighted by atomic mass is 35.5. The molecule has 4 aromatic rings. The Bertz CT molecular complexity index is 1560. The Morgan fingerprint density at radius 1 is 0.925 bits per heavy atom. The molecule has 0 fully saturated rings. The van der Waals surface area contributed by atoms with E-state index < -0.39 is 0 Å². The summed E-state index contributed by atoms with van der Waals surface area (Å²) in [6, 6.07) is 19.8. The van der Waals surface area contributed by atoms with Crippen LogP contribution in [0.25, 0.3) is 11.1 Å². The van der Waals surface area contributed by atoms with Crippen molar-refractivity contribution in [2.45, 2.75) is 26.7 Å². The van der Waals surface area contributed by atoms with Crippen molar-refractivity contribution in [2.75, 3.05) is 27.3 Å². The van der Waals surface area contributed by atoms with Gasteiger partial charge in [-0.15, -0.1) is 0 Å². The standard InChI is InChI=1S/C32H30ClN3O4/c1-21-25(5-4-6-27(21)24-7-8-29-32(13-24)38-10-9-37-29)20-40-31-14-30(26(12-28(31)33)18-36(2)3)39-19-23-11-22(15-34)16-35-17-23/h4-8,11-14,16-17H,9-10,18-20H2,1-3H3. The van der Waals surface area contributed by atoms with Crippen LogP contribution >= 0.6 is 11.6 Å². The van der Waals surface area contributed by atoms with Gasteiger partial charge in [0, 0.05) is 36.1 Å². The molecule has 0 saturated carbocycles. The molecule has 0 aliphatic carbocycles. The van der Waals surface area contributed by atoms with E-state index in [1.165, 1.54) is 6.20 Å². The van der Waals surface area contributed by atoms with E-state index in [2.05, 4.69) is 30.1 Å².